The Morgan fingerprint density at radius 1 is 1.32 bits per heavy atom. The topological polar surface area (TPSA) is 72.3 Å². The van der Waals surface area contributed by atoms with Gasteiger partial charge in [0, 0.05) is 31.7 Å². The zero-order valence-electron chi connectivity index (χ0n) is 14.2. The van der Waals surface area contributed by atoms with Crippen LogP contribution >= 0.6 is 0 Å². The molecule has 1 spiro atoms. The molecule has 2 aromatic rings. The van der Waals surface area contributed by atoms with Crippen LogP contribution in [0.3, 0.4) is 0 Å². The summed E-state index contributed by atoms with van der Waals surface area (Å²) in [6.45, 7) is 2.46. The van der Waals surface area contributed by atoms with E-state index in [1.807, 2.05) is 29.3 Å². The average Bonchev–Trinajstić information content (AvgIpc) is 3.33. The number of carbonyl (C=O) groups excluding carboxylic acids is 1. The van der Waals surface area contributed by atoms with Crippen molar-refractivity contribution in [3.05, 3.63) is 42.4 Å². The normalized spacial score (nSPS) is 19.3. The van der Waals surface area contributed by atoms with E-state index < -0.39 is 0 Å². The van der Waals surface area contributed by atoms with Gasteiger partial charge in [0.2, 0.25) is 0 Å². The van der Waals surface area contributed by atoms with Gasteiger partial charge >= 0.3 is 6.03 Å². The predicted molar refractivity (Wildman–Crippen MR) is 92.3 cm³/mol. The molecular weight excluding hydrogens is 318 g/mol. The van der Waals surface area contributed by atoms with Crippen LogP contribution in [-0.4, -0.2) is 51.0 Å². The maximum Gasteiger partial charge on any atom is 0.317 e. The Hall–Kier alpha value is -2.41. The van der Waals surface area contributed by atoms with Crippen LogP contribution in [0.15, 0.2) is 36.8 Å². The van der Waals surface area contributed by atoms with Crippen molar-refractivity contribution in [2.24, 2.45) is 0 Å². The van der Waals surface area contributed by atoms with Gasteiger partial charge in [-0.15, -0.1) is 0 Å². The van der Waals surface area contributed by atoms with Crippen LogP contribution in [0.4, 0.5) is 4.79 Å². The lowest BCUT2D eigenvalue weighted by molar-refractivity contribution is -0.0925. The smallest absolute Gasteiger partial charge is 0.317 e. The molecule has 7 heteroatoms. The highest BCUT2D eigenvalue weighted by Crippen LogP contribution is 2.35. The summed E-state index contributed by atoms with van der Waals surface area (Å²) in [7, 11) is 0. The lowest BCUT2D eigenvalue weighted by Crippen LogP contribution is -2.54. The van der Waals surface area contributed by atoms with E-state index in [1.165, 1.54) is 12.8 Å². The van der Waals surface area contributed by atoms with Gasteiger partial charge in [-0.1, -0.05) is 18.9 Å². The molecule has 1 aliphatic carbocycles. The van der Waals surface area contributed by atoms with Gasteiger partial charge in [0.15, 0.2) is 5.82 Å². The van der Waals surface area contributed by atoms with Crippen molar-refractivity contribution >= 4 is 6.03 Å². The molecule has 4 rings (SSSR count). The van der Waals surface area contributed by atoms with Crippen LogP contribution in [0.1, 0.15) is 31.2 Å². The van der Waals surface area contributed by atoms with Crippen molar-refractivity contribution in [3.8, 4) is 5.82 Å². The first-order chi connectivity index (χ1) is 12.2. The third-order valence-corrected chi connectivity index (χ3v) is 5.04. The molecule has 7 nitrogen and oxygen atoms in total. The lowest BCUT2D eigenvalue weighted by atomic mass is 10.00. The van der Waals surface area contributed by atoms with Crippen molar-refractivity contribution in [3.63, 3.8) is 0 Å². The maximum absolute atomic E-state index is 12.5. The van der Waals surface area contributed by atoms with E-state index in [2.05, 4.69) is 15.4 Å². The first-order valence-electron chi connectivity index (χ1n) is 8.86. The number of hydrogen-bond donors (Lipinski definition) is 1. The summed E-state index contributed by atoms with van der Waals surface area (Å²) in [5.74, 6) is 0.761. The monoisotopic (exact) mass is 341 g/mol. The molecule has 2 aromatic heterocycles. The van der Waals surface area contributed by atoms with Gasteiger partial charge in [-0.05, 0) is 30.5 Å². The van der Waals surface area contributed by atoms with Crippen molar-refractivity contribution in [1.29, 1.82) is 0 Å². The van der Waals surface area contributed by atoms with Crippen LogP contribution in [0.25, 0.3) is 5.82 Å². The zero-order valence-corrected chi connectivity index (χ0v) is 14.2. The molecule has 0 radical (unpaired) electrons. The molecule has 1 aliphatic heterocycles. The summed E-state index contributed by atoms with van der Waals surface area (Å²) < 4.78 is 7.68. The predicted octanol–water partition coefficient (Wildman–Crippen LogP) is 2.12. The SMILES string of the molecule is O=C(NCc1ccc(-n2cccn2)nc1)N1CCOC2(CCCC2)C1. The molecule has 0 unspecified atom stereocenters. The average molecular weight is 341 g/mol. The number of nitrogens with one attached hydrogen (secondary N) is 1. The van der Waals surface area contributed by atoms with E-state index in [9.17, 15) is 4.79 Å². The standard InChI is InChI=1S/C18H23N5O2/c24-17(22-10-11-25-18(14-22)6-1-2-7-18)20-13-15-4-5-16(19-12-15)23-9-3-8-21-23/h3-5,8-9,12H,1-2,6-7,10-11,13-14H2,(H,20,24). The van der Waals surface area contributed by atoms with E-state index in [4.69, 9.17) is 4.74 Å². The van der Waals surface area contributed by atoms with E-state index in [0.29, 0.717) is 26.2 Å². The molecule has 2 fully saturated rings. The number of urea groups is 1. The molecule has 0 bridgehead atoms. The molecule has 132 valence electrons. The number of morpholine rings is 1. The van der Waals surface area contributed by atoms with Crippen molar-refractivity contribution in [1.82, 2.24) is 25.0 Å². The van der Waals surface area contributed by atoms with Gasteiger partial charge in [-0.25, -0.2) is 14.5 Å². The van der Waals surface area contributed by atoms with E-state index >= 15 is 0 Å². The number of hydrogen-bond acceptors (Lipinski definition) is 4. The maximum atomic E-state index is 12.5. The highest BCUT2D eigenvalue weighted by atomic mass is 16.5. The number of pyridine rings is 1. The molecule has 1 saturated carbocycles. The molecule has 3 heterocycles. The van der Waals surface area contributed by atoms with Crippen LogP contribution in [-0.2, 0) is 11.3 Å². The Bertz CT molecular complexity index is 708. The zero-order chi connectivity index (χ0) is 17.1. The van der Waals surface area contributed by atoms with Crippen molar-refractivity contribution < 1.29 is 9.53 Å². The fourth-order valence-electron chi connectivity index (χ4n) is 3.69. The van der Waals surface area contributed by atoms with E-state index in [1.54, 1.807) is 17.1 Å². The second-order valence-corrected chi connectivity index (χ2v) is 6.79. The van der Waals surface area contributed by atoms with Gasteiger partial charge in [0.05, 0.1) is 18.8 Å². The number of rotatable bonds is 3. The number of aromatic nitrogens is 3. The minimum Gasteiger partial charge on any atom is -0.371 e. The molecule has 1 N–H and O–H groups in total. The fraction of sp³-hybridized carbons (Fsp3) is 0.500. The number of amides is 2. The van der Waals surface area contributed by atoms with E-state index in [0.717, 1.165) is 24.2 Å². The highest BCUT2D eigenvalue weighted by Gasteiger charge is 2.40. The van der Waals surface area contributed by atoms with Gasteiger partial charge < -0.3 is 15.0 Å². The molecule has 25 heavy (non-hydrogen) atoms. The third-order valence-electron chi connectivity index (χ3n) is 5.04. The molecule has 0 atom stereocenters. The van der Waals surface area contributed by atoms with E-state index in [-0.39, 0.29) is 11.6 Å². The highest BCUT2D eigenvalue weighted by molar-refractivity contribution is 5.74. The largest absolute Gasteiger partial charge is 0.371 e. The second-order valence-electron chi connectivity index (χ2n) is 6.79. The Morgan fingerprint density at radius 3 is 2.92 bits per heavy atom. The van der Waals surface area contributed by atoms with Gasteiger partial charge in [0.25, 0.3) is 0 Å². The summed E-state index contributed by atoms with van der Waals surface area (Å²) in [6, 6.07) is 5.69. The van der Waals surface area contributed by atoms with Crippen LogP contribution in [0.5, 0.6) is 0 Å². The first kappa shape index (κ1) is 16.1. The molecule has 2 amide bonds. The Balaban J connectivity index is 1.32. The third kappa shape index (κ3) is 3.51. The molecule has 0 aromatic carbocycles. The summed E-state index contributed by atoms with van der Waals surface area (Å²) >= 11 is 0. The number of nitrogens with zero attached hydrogens (tertiary/aromatic N) is 4. The van der Waals surface area contributed by atoms with Gasteiger partial charge in [-0.3, -0.25) is 0 Å². The van der Waals surface area contributed by atoms with Crippen LogP contribution in [0, 0.1) is 0 Å². The van der Waals surface area contributed by atoms with Gasteiger partial charge in [-0.2, -0.15) is 5.10 Å². The summed E-state index contributed by atoms with van der Waals surface area (Å²) in [4.78, 5) is 18.8. The summed E-state index contributed by atoms with van der Waals surface area (Å²) in [6.07, 6.45) is 9.87. The Morgan fingerprint density at radius 2 is 2.20 bits per heavy atom. The van der Waals surface area contributed by atoms with Crippen LogP contribution in [0.2, 0.25) is 0 Å². The molecule has 2 aliphatic rings. The number of carbonyl (C=O) groups is 1. The Labute approximate surface area is 147 Å². The van der Waals surface area contributed by atoms with Crippen molar-refractivity contribution in [2.45, 2.75) is 37.8 Å². The fourth-order valence-corrected chi connectivity index (χ4v) is 3.69. The summed E-state index contributed by atoms with van der Waals surface area (Å²) in [5.41, 5.74) is 0.871. The van der Waals surface area contributed by atoms with Crippen molar-refractivity contribution in [2.75, 3.05) is 19.7 Å². The number of ether oxygens (including phenoxy) is 1. The lowest BCUT2D eigenvalue weighted by Gasteiger charge is -2.40. The molecular formula is C18H23N5O2. The van der Waals surface area contributed by atoms with Crippen LogP contribution < -0.4 is 5.32 Å². The second kappa shape index (κ2) is 6.84. The van der Waals surface area contributed by atoms with Gasteiger partial charge in [0.1, 0.15) is 0 Å². The molecule has 1 saturated heterocycles. The Kier molecular flexibility index (Phi) is 4.40. The minimum atomic E-state index is -0.0947. The minimum absolute atomic E-state index is 0.0225. The summed E-state index contributed by atoms with van der Waals surface area (Å²) in [5, 5.41) is 7.15. The first-order valence-corrected chi connectivity index (χ1v) is 8.86. The quantitative estimate of drug-likeness (QED) is 0.928.